The van der Waals surface area contributed by atoms with E-state index >= 15 is 0 Å². The highest BCUT2D eigenvalue weighted by atomic mass is 32.3. The maximum absolute atomic E-state index is 9.45. The Labute approximate surface area is 96.4 Å². The molecule has 0 atom stereocenters. The molecule has 0 amide bonds. The Morgan fingerprint density at radius 3 is 2.19 bits per heavy atom. The number of rotatable bonds is 3. The van der Waals surface area contributed by atoms with Crippen molar-refractivity contribution in [1.29, 1.82) is 0 Å². The molecule has 1 aromatic rings. The van der Waals surface area contributed by atoms with Gasteiger partial charge in [-0.3, -0.25) is 4.18 Å². The topological polar surface area (TPSA) is 75.2 Å². The van der Waals surface area contributed by atoms with Crippen molar-refractivity contribution in [2.75, 3.05) is 6.61 Å². The van der Waals surface area contributed by atoms with Gasteiger partial charge in [0.2, 0.25) is 10.4 Å². The molecule has 0 aliphatic carbocycles. The Kier molecular flexibility index (Phi) is 6.24. The van der Waals surface area contributed by atoms with Crippen LogP contribution in [0.1, 0.15) is 19.7 Å². The zero-order valence-corrected chi connectivity index (χ0v) is 10.8. The van der Waals surface area contributed by atoms with E-state index in [4.69, 9.17) is 0 Å². The summed E-state index contributed by atoms with van der Waals surface area (Å²) in [5, 5.41) is 0. The van der Waals surface area contributed by atoms with Crippen LogP contribution in [0.25, 0.3) is 0 Å². The summed E-state index contributed by atoms with van der Waals surface area (Å²) in [4.78, 5) is 0. The monoisotopic (exact) mass is 250 g/mol. The molecule has 0 fully saturated rings. The summed E-state index contributed by atoms with van der Waals surface area (Å²) in [7, 11) is -2.37. The number of aromatic nitrogens is 2. The molecule has 0 aliphatic rings. The highest BCUT2D eigenvalue weighted by Gasteiger charge is 2.03. The molecule has 0 saturated carbocycles. The lowest BCUT2D eigenvalue weighted by atomic mass is 10.6. The second-order valence-electron chi connectivity index (χ2n) is 3.06. The van der Waals surface area contributed by atoms with Gasteiger partial charge in [-0.15, -0.1) is 0 Å². The van der Waals surface area contributed by atoms with Gasteiger partial charge >= 0.3 is 0 Å². The first kappa shape index (κ1) is 15.1. The minimum absolute atomic E-state index is 0.0914. The molecule has 0 unspecified atom stereocenters. The van der Waals surface area contributed by atoms with E-state index in [0.717, 1.165) is 6.54 Å². The fraction of sp³-hybridized carbons (Fsp3) is 0.667. The van der Waals surface area contributed by atoms with Crippen LogP contribution in [0.2, 0.25) is 0 Å². The number of imidazole rings is 1. The van der Waals surface area contributed by atoms with Crippen molar-refractivity contribution in [2.24, 2.45) is 7.05 Å². The molecule has 1 aromatic heterocycles. The number of hydrogen-bond acceptors (Lipinski definition) is 4. The highest BCUT2D eigenvalue weighted by molar-refractivity contribution is 7.80. The first-order valence-corrected chi connectivity index (χ1v) is 6.26. The van der Waals surface area contributed by atoms with Crippen molar-refractivity contribution in [3.63, 3.8) is 0 Å². The largest absolute Gasteiger partial charge is 0.726 e. The predicted molar refractivity (Wildman–Crippen MR) is 57.3 cm³/mol. The average molecular weight is 250 g/mol. The average Bonchev–Trinajstić information content (AvgIpc) is 2.46. The SMILES string of the molecule is CCOS(=O)(=O)[O-].CCn1cc[n+](C)c1C. The lowest BCUT2D eigenvalue weighted by Crippen LogP contribution is -2.29. The molecule has 0 radical (unpaired) electrons. The minimum Gasteiger partial charge on any atom is -0.726 e. The van der Waals surface area contributed by atoms with Gasteiger partial charge in [-0.2, -0.15) is 0 Å². The fourth-order valence-corrected chi connectivity index (χ4v) is 1.37. The maximum Gasteiger partial charge on any atom is 0.252 e. The van der Waals surface area contributed by atoms with E-state index < -0.39 is 10.4 Å². The van der Waals surface area contributed by atoms with Crippen LogP contribution in [0.15, 0.2) is 12.4 Å². The van der Waals surface area contributed by atoms with Gasteiger partial charge < -0.3 is 4.55 Å². The van der Waals surface area contributed by atoms with Crippen molar-refractivity contribution >= 4 is 10.4 Å². The molecule has 94 valence electrons. The Hall–Kier alpha value is -0.920. The van der Waals surface area contributed by atoms with Crippen LogP contribution < -0.4 is 4.57 Å². The quantitative estimate of drug-likeness (QED) is 0.434. The molecule has 1 rings (SSSR count). The summed E-state index contributed by atoms with van der Waals surface area (Å²) < 4.78 is 36.3. The summed E-state index contributed by atoms with van der Waals surface area (Å²) in [6.45, 7) is 6.66. The van der Waals surface area contributed by atoms with Gasteiger partial charge in [-0.1, -0.05) is 0 Å². The Morgan fingerprint density at radius 1 is 1.50 bits per heavy atom. The van der Waals surface area contributed by atoms with Gasteiger partial charge in [-0.25, -0.2) is 17.6 Å². The molecular weight excluding hydrogens is 232 g/mol. The van der Waals surface area contributed by atoms with Gasteiger partial charge in [0.25, 0.3) is 5.82 Å². The summed E-state index contributed by atoms with van der Waals surface area (Å²) in [5.41, 5.74) is 0. The zero-order valence-electron chi connectivity index (χ0n) is 10.0. The second kappa shape index (κ2) is 6.62. The predicted octanol–water partition coefficient (Wildman–Crippen LogP) is 0.124. The first-order valence-electron chi connectivity index (χ1n) is 4.93. The van der Waals surface area contributed by atoms with E-state index in [9.17, 15) is 13.0 Å². The molecule has 6 nitrogen and oxygen atoms in total. The molecule has 0 bridgehead atoms. The molecule has 7 heteroatoms. The molecule has 0 spiro atoms. The normalized spacial score (nSPS) is 10.8. The van der Waals surface area contributed by atoms with Crippen LogP contribution in [-0.4, -0.2) is 24.1 Å². The number of nitrogens with zero attached hydrogens (tertiary/aromatic N) is 2. The number of hydrogen-bond donors (Lipinski definition) is 0. The van der Waals surface area contributed by atoms with E-state index in [1.807, 2.05) is 0 Å². The zero-order chi connectivity index (χ0) is 12.8. The number of aryl methyl sites for hydroxylation is 2. The van der Waals surface area contributed by atoms with Crippen LogP contribution in [0.3, 0.4) is 0 Å². The maximum atomic E-state index is 9.45. The molecule has 0 aliphatic heterocycles. The van der Waals surface area contributed by atoms with Gasteiger partial charge in [0.1, 0.15) is 12.4 Å². The van der Waals surface area contributed by atoms with Gasteiger partial charge in [-0.05, 0) is 13.8 Å². The van der Waals surface area contributed by atoms with E-state index in [2.05, 4.69) is 46.6 Å². The lowest BCUT2D eigenvalue weighted by molar-refractivity contribution is -0.677. The lowest BCUT2D eigenvalue weighted by Gasteiger charge is -2.02. The van der Waals surface area contributed by atoms with Gasteiger partial charge in [0.15, 0.2) is 0 Å². The van der Waals surface area contributed by atoms with Crippen LogP contribution in [-0.2, 0) is 28.2 Å². The van der Waals surface area contributed by atoms with E-state index in [1.54, 1.807) is 0 Å². The highest BCUT2D eigenvalue weighted by Crippen LogP contribution is 1.89. The first-order chi connectivity index (χ1) is 7.31. The van der Waals surface area contributed by atoms with Crippen molar-refractivity contribution in [3.8, 4) is 0 Å². The van der Waals surface area contributed by atoms with E-state index in [-0.39, 0.29) is 6.61 Å². The third-order valence-electron chi connectivity index (χ3n) is 2.00. The van der Waals surface area contributed by atoms with Crippen LogP contribution >= 0.6 is 0 Å². The van der Waals surface area contributed by atoms with Crippen LogP contribution in [0.4, 0.5) is 0 Å². The van der Waals surface area contributed by atoms with Gasteiger partial charge in [0.05, 0.1) is 20.2 Å². The van der Waals surface area contributed by atoms with Gasteiger partial charge in [0, 0.05) is 6.92 Å². The minimum atomic E-state index is -4.42. The Bertz CT molecular complexity index is 411. The van der Waals surface area contributed by atoms with Crippen molar-refractivity contribution < 1.29 is 21.7 Å². The van der Waals surface area contributed by atoms with Crippen LogP contribution in [0, 0.1) is 6.92 Å². The second-order valence-corrected chi connectivity index (χ2v) is 4.11. The summed E-state index contributed by atoms with van der Waals surface area (Å²) in [5.74, 6) is 1.30. The fourth-order valence-electron chi connectivity index (χ4n) is 1.08. The summed E-state index contributed by atoms with van der Waals surface area (Å²) in [6.07, 6.45) is 4.16. The molecule has 1 heterocycles. The molecule has 0 saturated heterocycles. The Balaban J connectivity index is 0.000000293. The summed E-state index contributed by atoms with van der Waals surface area (Å²) >= 11 is 0. The van der Waals surface area contributed by atoms with Crippen molar-refractivity contribution in [3.05, 3.63) is 18.2 Å². The third-order valence-corrected chi connectivity index (χ3v) is 2.52. The molecule has 0 N–H and O–H groups in total. The molecule has 16 heavy (non-hydrogen) atoms. The molecular formula is C9H18N2O4S. The van der Waals surface area contributed by atoms with E-state index in [0.29, 0.717) is 0 Å². The van der Waals surface area contributed by atoms with Crippen molar-refractivity contribution in [1.82, 2.24) is 4.57 Å². The summed E-state index contributed by atoms with van der Waals surface area (Å²) in [6, 6.07) is 0. The Morgan fingerprint density at radius 2 is 2.06 bits per heavy atom. The van der Waals surface area contributed by atoms with Crippen LogP contribution in [0.5, 0.6) is 0 Å². The smallest absolute Gasteiger partial charge is 0.252 e. The van der Waals surface area contributed by atoms with Crippen molar-refractivity contribution in [2.45, 2.75) is 27.3 Å². The third kappa shape index (κ3) is 5.84. The molecule has 0 aromatic carbocycles. The van der Waals surface area contributed by atoms with E-state index in [1.165, 1.54) is 12.7 Å². The standard InChI is InChI=1S/C7H13N2.C2H6O4S/c1-4-9-6-5-8(3)7(9)2;1-2-6-7(3,4)5/h5-6H,4H2,1-3H3;2H2,1H3,(H,3,4,5)/q+1;/p-1.